The van der Waals surface area contributed by atoms with E-state index in [2.05, 4.69) is 4.98 Å². The lowest BCUT2D eigenvalue weighted by atomic mass is 10.1. The first-order chi connectivity index (χ1) is 16.7. The summed E-state index contributed by atoms with van der Waals surface area (Å²) >= 11 is 0. The van der Waals surface area contributed by atoms with E-state index in [1.807, 2.05) is 91.2 Å². The first-order valence-corrected chi connectivity index (χ1v) is 11.1. The van der Waals surface area contributed by atoms with Crippen molar-refractivity contribution in [3.8, 4) is 34.1 Å². The zero-order valence-corrected chi connectivity index (χ0v) is 19.4. The molecule has 0 aliphatic rings. The summed E-state index contributed by atoms with van der Waals surface area (Å²) in [7, 11) is 1.64. The summed E-state index contributed by atoms with van der Waals surface area (Å²) in [6.45, 7) is 3.98. The number of hydrogen-bond donors (Lipinski definition) is 2. The summed E-state index contributed by atoms with van der Waals surface area (Å²) in [6.07, 6.45) is 1.65. The van der Waals surface area contributed by atoms with Gasteiger partial charge in [-0.15, -0.1) is 0 Å². The molecule has 34 heavy (non-hydrogen) atoms. The topological polar surface area (TPSA) is 99.1 Å². The molecule has 3 N–H and O–H groups in total. The number of anilines is 1. The zero-order chi connectivity index (χ0) is 24.1. The highest BCUT2D eigenvalue weighted by Crippen LogP contribution is 2.32. The van der Waals surface area contributed by atoms with Gasteiger partial charge in [0.1, 0.15) is 17.1 Å². The molecule has 0 saturated carbocycles. The van der Waals surface area contributed by atoms with E-state index >= 15 is 0 Å². The third-order valence-electron chi connectivity index (χ3n) is 5.33. The molecule has 3 heterocycles. The molecule has 0 unspecified atom stereocenters. The molecule has 5 aromatic rings. The number of hydrogen-bond acceptors (Lipinski definition) is 6. The number of nitrogens with zero attached hydrogens (tertiary/aromatic N) is 4. The number of ether oxygens (including phenoxy) is 1. The number of aliphatic hydroxyl groups excluding tert-OH is 1. The van der Waals surface area contributed by atoms with Crippen LogP contribution in [-0.4, -0.2) is 31.7 Å². The second-order valence-electron chi connectivity index (χ2n) is 7.30. The lowest BCUT2D eigenvalue weighted by Gasteiger charge is -2.11. The summed E-state index contributed by atoms with van der Waals surface area (Å²) in [5.41, 5.74) is 11.8. The van der Waals surface area contributed by atoms with E-state index in [9.17, 15) is 5.11 Å². The summed E-state index contributed by atoms with van der Waals surface area (Å²) < 4.78 is 7.33. The Labute approximate surface area is 198 Å². The number of rotatable bonds is 5. The highest BCUT2D eigenvalue weighted by Gasteiger charge is 2.18. The van der Waals surface area contributed by atoms with Gasteiger partial charge in [0.2, 0.25) is 0 Å². The molecule has 0 atom stereocenters. The van der Waals surface area contributed by atoms with Crippen molar-refractivity contribution in [3.05, 3.63) is 84.6 Å². The van der Waals surface area contributed by atoms with Crippen molar-refractivity contribution in [1.29, 1.82) is 0 Å². The Morgan fingerprint density at radius 2 is 1.74 bits per heavy atom. The average molecular weight is 454 g/mol. The Morgan fingerprint density at radius 1 is 0.941 bits per heavy atom. The number of aromatic nitrogens is 4. The van der Waals surface area contributed by atoms with Crippen LogP contribution in [0.5, 0.6) is 5.75 Å². The van der Waals surface area contributed by atoms with Crippen molar-refractivity contribution in [2.45, 2.75) is 20.5 Å². The first kappa shape index (κ1) is 22.9. The smallest absolute Gasteiger partial charge is 0.165 e. The van der Waals surface area contributed by atoms with E-state index in [0.717, 1.165) is 39.3 Å². The zero-order valence-electron chi connectivity index (χ0n) is 19.4. The molecule has 0 saturated heterocycles. The monoisotopic (exact) mass is 453 g/mol. The second-order valence-corrected chi connectivity index (χ2v) is 7.30. The summed E-state index contributed by atoms with van der Waals surface area (Å²) in [6, 6.07) is 23.0. The molecule has 0 spiro atoms. The molecule has 7 nitrogen and oxygen atoms in total. The van der Waals surface area contributed by atoms with Crippen LogP contribution >= 0.6 is 0 Å². The fraction of sp³-hybridized carbons (Fsp3) is 0.148. The van der Waals surface area contributed by atoms with E-state index in [1.165, 1.54) is 0 Å². The maximum absolute atomic E-state index is 9.44. The largest absolute Gasteiger partial charge is 0.497 e. The van der Waals surface area contributed by atoms with Crippen molar-refractivity contribution in [1.82, 2.24) is 19.5 Å². The molecular weight excluding hydrogens is 426 g/mol. The number of methoxy groups -OCH3 is 1. The molecule has 5 rings (SSSR count). The van der Waals surface area contributed by atoms with Crippen molar-refractivity contribution < 1.29 is 9.84 Å². The van der Waals surface area contributed by atoms with Gasteiger partial charge in [0, 0.05) is 17.4 Å². The predicted octanol–water partition coefficient (Wildman–Crippen LogP) is 5.26. The molecule has 2 aromatic carbocycles. The number of pyridine rings is 2. The van der Waals surface area contributed by atoms with Crippen LogP contribution in [0, 0.1) is 0 Å². The van der Waals surface area contributed by atoms with Gasteiger partial charge in [-0.3, -0.25) is 4.57 Å². The Bertz CT molecular complexity index is 1410. The van der Waals surface area contributed by atoms with Gasteiger partial charge in [0.05, 0.1) is 25.0 Å². The number of fused-ring (bicyclic) bond motifs is 1. The van der Waals surface area contributed by atoms with Crippen molar-refractivity contribution >= 4 is 17.0 Å². The van der Waals surface area contributed by atoms with Crippen LogP contribution < -0.4 is 10.5 Å². The van der Waals surface area contributed by atoms with Gasteiger partial charge >= 0.3 is 0 Å². The molecule has 0 bridgehead atoms. The number of nitrogen functional groups attached to an aromatic ring is 1. The molecular formula is C27H27N5O2. The van der Waals surface area contributed by atoms with Crippen molar-refractivity contribution in [2.75, 3.05) is 12.8 Å². The van der Waals surface area contributed by atoms with Gasteiger partial charge in [-0.2, -0.15) is 0 Å². The Kier molecular flexibility index (Phi) is 6.85. The fourth-order valence-electron chi connectivity index (χ4n) is 3.68. The summed E-state index contributed by atoms with van der Waals surface area (Å²) in [5.74, 6) is 1.81. The quantitative estimate of drug-likeness (QED) is 0.377. The van der Waals surface area contributed by atoms with Gasteiger partial charge in [0.25, 0.3) is 0 Å². The van der Waals surface area contributed by atoms with Crippen LogP contribution in [0.4, 0.5) is 5.82 Å². The standard InChI is InChI=1S/C25H21N5O2.C2H6/c1-32-19-5-2-4-17(14-19)21-11-12-22-25(28-21)30(18-9-7-16(15-31)8-10-18)24(29-22)20-6-3-13-27-23(20)26;1-2/h2-14,31H,15H2,1H3,(H2,26,27);1-2H3. The Hall–Kier alpha value is -4.23. The third-order valence-corrected chi connectivity index (χ3v) is 5.33. The predicted molar refractivity (Wildman–Crippen MR) is 136 cm³/mol. The van der Waals surface area contributed by atoms with E-state index in [-0.39, 0.29) is 6.61 Å². The van der Waals surface area contributed by atoms with Crippen LogP contribution in [0.15, 0.2) is 79.0 Å². The molecule has 0 radical (unpaired) electrons. The van der Waals surface area contributed by atoms with Gasteiger partial charge in [0.15, 0.2) is 11.5 Å². The van der Waals surface area contributed by atoms with Crippen molar-refractivity contribution in [3.63, 3.8) is 0 Å². The normalized spacial score (nSPS) is 10.6. The highest BCUT2D eigenvalue weighted by atomic mass is 16.5. The van der Waals surface area contributed by atoms with Crippen LogP contribution in [0.1, 0.15) is 19.4 Å². The SMILES string of the molecule is CC.COc1cccc(-c2ccc3nc(-c4cccnc4N)n(-c4ccc(CO)cc4)c3n2)c1. The molecule has 3 aromatic heterocycles. The molecule has 0 aliphatic carbocycles. The summed E-state index contributed by atoms with van der Waals surface area (Å²) in [5, 5.41) is 9.44. The number of imidazole rings is 1. The van der Waals surface area contributed by atoms with Gasteiger partial charge in [-0.1, -0.05) is 38.1 Å². The van der Waals surface area contributed by atoms with Gasteiger partial charge in [-0.25, -0.2) is 15.0 Å². The minimum Gasteiger partial charge on any atom is -0.497 e. The Balaban J connectivity index is 0.00000133. The van der Waals surface area contributed by atoms with E-state index in [0.29, 0.717) is 17.3 Å². The van der Waals surface area contributed by atoms with E-state index < -0.39 is 0 Å². The fourth-order valence-corrected chi connectivity index (χ4v) is 3.68. The van der Waals surface area contributed by atoms with E-state index in [1.54, 1.807) is 13.3 Å². The lowest BCUT2D eigenvalue weighted by Crippen LogP contribution is -2.02. The van der Waals surface area contributed by atoms with E-state index in [4.69, 9.17) is 20.4 Å². The maximum Gasteiger partial charge on any atom is 0.165 e. The van der Waals surface area contributed by atoms with Gasteiger partial charge < -0.3 is 15.6 Å². The molecule has 172 valence electrons. The summed E-state index contributed by atoms with van der Waals surface area (Å²) in [4.78, 5) is 14.0. The average Bonchev–Trinajstić information content (AvgIpc) is 3.28. The lowest BCUT2D eigenvalue weighted by molar-refractivity contribution is 0.282. The number of nitrogens with two attached hydrogens (primary N) is 1. The third kappa shape index (κ3) is 4.33. The molecule has 0 amide bonds. The van der Waals surface area contributed by atoms with Crippen LogP contribution in [0.2, 0.25) is 0 Å². The maximum atomic E-state index is 9.44. The van der Waals surface area contributed by atoms with Crippen LogP contribution in [-0.2, 0) is 6.61 Å². The van der Waals surface area contributed by atoms with Crippen molar-refractivity contribution in [2.24, 2.45) is 0 Å². The highest BCUT2D eigenvalue weighted by molar-refractivity contribution is 5.84. The number of benzene rings is 2. The molecule has 0 fully saturated rings. The van der Waals surface area contributed by atoms with Crippen LogP contribution in [0.3, 0.4) is 0 Å². The second kappa shape index (κ2) is 10.1. The number of aliphatic hydroxyl groups is 1. The van der Waals surface area contributed by atoms with Crippen LogP contribution in [0.25, 0.3) is 39.5 Å². The first-order valence-electron chi connectivity index (χ1n) is 11.1. The molecule has 7 heteroatoms. The Morgan fingerprint density at radius 3 is 2.44 bits per heavy atom. The minimum absolute atomic E-state index is 0.0222. The van der Waals surface area contributed by atoms with Gasteiger partial charge in [-0.05, 0) is 54.1 Å². The minimum atomic E-state index is -0.0222. The molecule has 0 aliphatic heterocycles.